The minimum absolute atomic E-state index is 0.123. The minimum atomic E-state index is -5.78. The first-order chi connectivity index (χ1) is 13.2. The van der Waals surface area contributed by atoms with Gasteiger partial charge in [0.05, 0.1) is 6.61 Å². The molecular weight excluding hydrogens is 389 g/mol. The van der Waals surface area contributed by atoms with Gasteiger partial charge in [0.1, 0.15) is 12.4 Å². The number of ether oxygens (including phenoxy) is 1. The highest BCUT2D eigenvalue weighted by Gasteiger charge is 2.58. The van der Waals surface area contributed by atoms with E-state index in [4.69, 9.17) is 4.74 Å². The lowest BCUT2D eigenvalue weighted by molar-refractivity contribution is -0.289. The first kappa shape index (κ1) is 19.7. The van der Waals surface area contributed by atoms with Gasteiger partial charge in [0.25, 0.3) is 0 Å². The van der Waals surface area contributed by atoms with Gasteiger partial charge >= 0.3 is 17.9 Å². The molecule has 0 saturated carbocycles. The van der Waals surface area contributed by atoms with Crippen LogP contribution >= 0.6 is 0 Å². The molecule has 0 radical (unpaired) electrons. The molecule has 3 aromatic rings. The molecule has 0 fully saturated rings. The van der Waals surface area contributed by atoms with Gasteiger partial charge in [-0.15, -0.1) is 0 Å². The quantitative estimate of drug-likeness (QED) is 0.589. The zero-order valence-corrected chi connectivity index (χ0v) is 14.0. The molecule has 0 atom stereocenters. The number of hydrogen-bond acceptors (Lipinski definition) is 5. The number of pyridine rings is 1. The Balaban J connectivity index is 1.85. The lowest BCUT2D eigenvalue weighted by Gasteiger charge is -2.19. The molecule has 0 N–H and O–H groups in total. The highest BCUT2D eigenvalue weighted by molar-refractivity contribution is 5.50. The summed E-state index contributed by atoms with van der Waals surface area (Å²) in [6.45, 7) is -0.244. The number of halogens is 5. The largest absolute Gasteiger partial charge is 0.458 e. The molecule has 0 aliphatic heterocycles. The van der Waals surface area contributed by atoms with Crippen molar-refractivity contribution in [2.75, 3.05) is 0 Å². The van der Waals surface area contributed by atoms with Crippen molar-refractivity contribution in [3.8, 4) is 11.5 Å². The first-order valence-electron chi connectivity index (χ1n) is 7.80. The standard InChI is InChI=1S/C17H12F5N3O3/c18-16(19,17(20,21)22)12-6-7-23-13(8-12)14-24-28-15(26)25(14)10-27-9-11-4-2-1-3-5-11/h1-8H,9-10H2. The molecule has 1 aromatic carbocycles. The molecule has 0 spiro atoms. The molecule has 0 amide bonds. The van der Waals surface area contributed by atoms with E-state index in [1.54, 1.807) is 24.3 Å². The fourth-order valence-corrected chi connectivity index (χ4v) is 2.31. The van der Waals surface area contributed by atoms with Gasteiger partial charge in [0.15, 0.2) is 0 Å². The van der Waals surface area contributed by atoms with Crippen molar-refractivity contribution in [1.82, 2.24) is 14.7 Å². The van der Waals surface area contributed by atoms with Gasteiger partial charge in [-0.05, 0) is 17.7 Å². The summed E-state index contributed by atoms with van der Waals surface area (Å²) in [4.78, 5) is 15.5. The van der Waals surface area contributed by atoms with Gasteiger partial charge in [0.2, 0.25) is 5.82 Å². The van der Waals surface area contributed by atoms with Crippen LogP contribution in [0.5, 0.6) is 0 Å². The molecule has 28 heavy (non-hydrogen) atoms. The van der Waals surface area contributed by atoms with E-state index in [-0.39, 0.29) is 19.2 Å². The van der Waals surface area contributed by atoms with Crippen LogP contribution < -0.4 is 5.76 Å². The van der Waals surface area contributed by atoms with E-state index in [2.05, 4.69) is 14.7 Å². The van der Waals surface area contributed by atoms with E-state index in [0.29, 0.717) is 12.1 Å². The second kappa shape index (κ2) is 7.50. The van der Waals surface area contributed by atoms with Crippen LogP contribution in [-0.4, -0.2) is 20.9 Å². The second-order valence-corrected chi connectivity index (χ2v) is 5.67. The van der Waals surface area contributed by atoms with E-state index in [1.165, 1.54) is 0 Å². The van der Waals surface area contributed by atoms with Crippen LogP contribution in [0.4, 0.5) is 22.0 Å². The highest BCUT2D eigenvalue weighted by Crippen LogP contribution is 2.44. The SMILES string of the molecule is O=c1onc(-c2cc(C(F)(F)C(F)(F)F)ccn2)n1COCc1ccccc1. The summed E-state index contributed by atoms with van der Waals surface area (Å²) < 4.78 is 75.6. The number of alkyl halides is 5. The maximum Gasteiger partial charge on any atom is 0.458 e. The van der Waals surface area contributed by atoms with Crippen LogP contribution in [0.3, 0.4) is 0 Å². The molecule has 2 aromatic heterocycles. The third-order valence-corrected chi connectivity index (χ3v) is 3.73. The average molecular weight is 401 g/mol. The number of rotatable bonds is 6. The van der Waals surface area contributed by atoms with E-state index >= 15 is 0 Å². The molecule has 6 nitrogen and oxygen atoms in total. The van der Waals surface area contributed by atoms with Crippen LogP contribution in [0.2, 0.25) is 0 Å². The maximum absolute atomic E-state index is 13.6. The zero-order chi connectivity index (χ0) is 20.4. The molecule has 0 unspecified atom stereocenters. The summed E-state index contributed by atoms with van der Waals surface area (Å²) in [6.07, 6.45) is -5.02. The van der Waals surface area contributed by atoms with Crippen molar-refractivity contribution < 1.29 is 31.2 Å². The van der Waals surface area contributed by atoms with E-state index in [9.17, 15) is 26.7 Å². The number of nitrogens with zero attached hydrogens (tertiary/aromatic N) is 3. The van der Waals surface area contributed by atoms with Crippen molar-refractivity contribution in [3.05, 3.63) is 70.3 Å². The monoisotopic (exact) mass is 401 g/mol. The predicted molar refractivity (Wildman–Crippen MR) is 85.2 cm³/mol. The van der Waals surface area contributed by atoms with Crippen molar-refractivity contribution in [2.45, 2.75) is 25.4 Å². The number of hydrogen-bond donors (Lipinski definition) is 0. The minimum Gasteiger partial charge on any atom is -0.356 e. The zero-order valence-electron chi connectivity index (χ0n) is 14.0. The van der Waals surface area contributed by atoms with E-state index in [1.807, 2.05) is 6.07 Å². The molecule has 148 valence electrons. The predicted octanol–water partition coefficient (Wildman–Crippen LogP) is 3.73. The smallest absolute Gasteiger partial charge is 0.356 e. The topological polar surface area (TPSA) is 70.2 Å². The summed E-state index contributed by atoms with van der Waals surface area (Å²) in [6, 6.07) is 9.96. The van der Waals surface area contributed by atoms with Crippen LogP contribution in [0.15, 0.2) is 58.0 Å². The molecule has 3 rings (SSSR count). The van der Waals surface area contributed by atoms with Gasteiger partial charge < -0.3 is 4.74 Å². The Hall–Kier alpha value is -3.08. The molecule has 0 aliphatic carbocycles. The van der Waals surface area contributed by atoms with Crippen LogP contribution in [0, 0.1) is 0 Å². The van der Waals surface area contributed by atoms with Crippen molar-refractivity contribution in [3.63, 3.8) is 0 Å². The summed E-state index contributed by atoms with van der Waals surface area (Å²) in [5.41, 5.74) is -0.925. The Bertz CT molecular complexity index is 999. The number of aromatic nitrogens is 3. The Labute approximate surface area is 154 Å². The molecule has 0 bridgehead atoms. The Kier molecular flexibility index (Phi) is 5.27. The fourth-order valence-electron chi connectivity index (χ4n) is 2.31. The Morgan fingerprint density at radius 3 is 2.46 bits per heavy atom. The molecule has 0 saturated heterocycles. The van der Waals surface area contributed by atoms with E-state index < -0.39 is 29.1 Å². The lowest BCUT2D eigenvalue weighted by Crippen LogP contribution is -2.33. The summed E-state index contributed by atoms with van der Waals surface area (Å²) in [7, 11) is 0. The molecule has 0 aliphatic rings. The Morgan fingerprint density at radius 2 is 1.79 bits per heavy atom. The van der Waals surface area contributed by atoms with Crippen molar-refractivity contribution >= 4 is 0 Å². The van der Waals surface area contributed by atoms with Crippen LogP contribution in [0.1, 0.15) is 11.1 Å². The fraction of sp³-hybridized carbons (Fsp3) is 0.235. The average Bonchev–Trinajstić information content (AvgIpc) is 3.02. The maximum atomic E-state index is 13.6. The van der Waals surface area contributed by atoms with Gasteiger partial charge in [-0.1, -0.05) is 35.5 Å². The summed E-state index contributed by atoms with van der Waals surface area (Å²) in [5.74, 6) is -6.40. The van der Waals surface area contributed by atoms with Crippen LogP contribution in [-0.2, 0) is 24.0 Å². The lowest BCUT2D eigenvalue weighted by atomic mass is 10.1. The van der Waals surface area contributed by atoms with E-state index in [0.717, 1.165) is 16.3 Å². The summed E-state index contributed by atoms with van der Waals surface area (Å²) in [5, 5.41) is 3.40. The second-order valence-electron chi connectivity index (χ2n) is 5.67. The third kappa shape index (κ3) is 3.93. The first-order valence-corrected chi connectivity index (χ1v) is 7.80. The van der Waals surface area contributed by atoms with Gasteiger partial charge in [-0.25, -0.2) is 9.36 Å². The molecule has 2 heterocycles. The normalized spacial score (nSPS) is 12.3. The molecular formula is C17H12F5N3O3. The van der Waals surface area contributed by atoms with Crippen molar-refractivity contribution in [1.29, 1.82) is 0 Å². The van der Waals surface area contributed by atoms with Gasteiger partial charge in [0, 0.05) is 11.8 Å². The molecule has 11 heteroatoms. The summed E-state index contributed by atoms with van der Waals surface area (Å²) >= 11 is 0. The van der Waals surface area contributed by atoms with Gasteiger partial charge in [-0.3, -0.25) is 9.51 Å². The van der Waals surface area contributed by atoms with Gasteiger partial charge in [-0.2, -0.15) is 22.0 Å². The highest BCUT2D eigenvalue weighted by atomic mass is 19.4. The Morgan fingerprint density at radius 1 is 1.07 bits per heavy atom. The van der Waals surface area contributed by atoms with Crippen LogP contribution in [0.25, 0.3) is 11.5 Å². The third-order valence-electron chi connectivity index (χ3n) is 3.73. The number of benzene rings is 1. The van der Waals surface area contributed by atoms with Crippen molar-refractivity contribution in [2.24, 2.45) is 0 Å².